The molecule has 0 bridgehead atoms. The second-order valence-electron chi connectivity index (χ2n) is 6.61. The topological polar surface area (TPSA) is 70.8 Å². The number of nitrogens with zero attached hydrogens (tertiary/aromatic N) is 2. The molecule has 0 radical (unpaired) electrons. The zero-order valence-corrected chi connectivity index (χ0v) is 15.0. The molecule has 136 valence electrons. The number of hydrogen-bond donors (Lipinski definition) is 0. The SMILES string of the molecule is CC(c1cc2ccccc2o1)N(C)C(=O)CN1C(=O)c2ccccc2C1=O. The zero-order chi connectivity index (χ0) is 19.1. The number of fused-ring (bicyclic) bond motifs is 2. The van der Waals surface area contributed by atoms with Crippen LogP contribution in [-0.4, -0.2) is 41.1 Å². The summed E-state index contributed by atoms with van der Waals surface area (Å²) in [5.74, 6) is -0.561. The molecule has 0 N–H and O–H groups in total. The van der Waals surface area contributed by atoms with Crippen LogP contribution in [-0.2, 0) is 4.79 Å². The summed E-state index contributed by atoms with van der Waals surface area (Å²) < 4.78 is 5.82. The predicted molar refractivity (Wildman–Crippen MR) is 99.2 cm³/mol. The van der Waals surface area contributed by atoms with Gasteiger partial charge >= 0.3 is 0 Å². The van der Waals surface area contributed by atoms with Crippen molar-refractivity contribution in [3.63, 3.8) is 0 Å². The molecule has 6 nitrogen and oxygen atoms in total. The predicted octanol–water partition coefficient (Wildman–Crippen LogP) is 3.25. The Hall–Kier alpha value is -3.41. The van der Waals surface area contributed by atoms with Crippen LogP contribution in [0, 0.1) is 0 Å². The Morgan fingerprint density at radius 1 is 1.04 bits per heavy atom. The molecule has 0 saturated carbocycles. The van der Waals surface area contributed by atoms with Gasteiger partial charge < -0.3 is 9.32 Å². The molecule has 2 aromatic carbocycles. The van der Waals surface area contributed by atoms with Crippen LogP contribution in [0.2, 0.25) is 0 Å². The molecule has 0 aliphatic carbocycles. The number of likely N-dealkylation sites (N-methyl/N-ethyl adjacent to an activating group) is 1. The second kappa shape index (κ2) is 6.39. The normalized spacial score (nSPS) is 14.5. The Morgan fingerprint density at radius 3 is 2.26 bits per heavy atom. The van der Waals surface area contributed by atoms with Crippen molar-refractivity contribution in [1.29, 1.82) is 0 Å². The smallest absolute Gasteiger partial charge is 0.262 e. The van der Waals surface area contributed by atoms with Crippen LogP contribution in [0.25, 0.3) is 11.0 Å². The van der Waals surface area contributed by atoms with E-state index in [1.54, 1.807) is 31.3 Å². The quantitative estimate of drug-likeness (QED) is 0.668. The van der Waals surface area contributed by atoms with E-state index >= 15 is 0 Å². The number of furan rings is 1. The molecule has 1 aliphatic heterocycles. The molecule has 0 spiro atoms. The summed E-state index contributed by atoms with van der Waals surface area (Å²) in [6, 6.07) is 15.8. The van der Waals surface area contributed by atoms with Crippen molar-refractivity contribution in [3.05, 3.63) is 71.5 Å². The van der Waals surface area contributed by atoms with Crippen LogP contribution in [0.3, 0.4) is 0 Å². The fraction of sp³-hybridized carbons (Fsp3) is 0.190. The van der Waals surface area contributed by atoms with Crippen LogP contribution >= 0.6 is 0 Å². The minimum atomic E-state index is -0.436. The molecule has 0 fully saturated rings. The van der Waals surface area contributed by atoms with E-state index < -0.39 is 11.8 Å². The van der Waals surface area contributed by atoms with Gasteiger partial charge in [0.1, 0.15) is 17.9 Å². The van der Waals surface area contributed by atoms with E-state index in [1.165, 1.54) is 4.90 Å². The van der Waals surface area contributed by atoms with Gasteiger partial charge in [-0.25, -0.2) is 0 Å². The number of rotatable bonds is 4. The summed E-state index contributed by atoms with van der Waals surface area (Å²) in [6.07, 6.45) is 0. The largest absolute Gasteiger partial charge is 0.459 e. The first-order chi connectivity index (χ1) is 13.0. The molecule has 1 unspecified atom stereocenters. The highest BCUT2D eigenvalue weighted by atomic mass is 16.3. The number of amides is 3. The first-order valence-electron chi connectivity index (χ1n) is 8.66. The number of hydrogen-bond acceptors (Lipinski definition) is 4. The van der Waals surface area contributed by atoms with Crippen molar-refractivity contribution in [1.82, 2.24) is 9.80 Å². The van der Waals surface area contributed by atoms with E-state index in [2.05, 4.69) is 0 Å². The van der Waals surface area contributed by atoms with Crippen molar-refractivity contribution in [2.24, 2.45) is 0 Å². The van der Waals surface area contributed by atoms with Crippen LogP contribution in [0.1, 0.15) is 39.4 Å². The van der Waals surface area contributed by atoms with Gasteiger partial charge in [-0.15, -0.1) is 0 Å². The van der Waals surface area contributed by atoms with Crippen molar-refractivity contribution >= 4 is 28.7 Å². The number of carbonyl (C=O) groups excluding carboxylic acids is 3. The van der Waals surface area contributed by atoms with E-state index in [1.807, 2.05) is 37.3 Å². The molecule has 2 heterocycles. The lowest BCUT2D eigenvalue weighted by molar-refractivity contribution is -0.132. The van der Waals surface area contributed by atoms with Crippen LogP contribution < -0.4 is 0 Å². The van der Waals surface area contributed by atoms with Crippen molar-refractivity contribution in [3.8, 4) is 0 Å². The molecule has 3 aromatic rings. The standard InChI is InChI=1S/C21H18N2O4/c1-13(18-11-14-7-3-6-10-17(14)27-18)22(2)19(24)12-23-20(25)15-8-4-5-9-16(15)21(23)26/h3-11,13H,12H2,1-2H3. The summed E-state index contributed by atoms with van der Waals surface area (Å²) in [4.78, 5) is 40.1. The van der Waals surface area contributed by atoms with E-state index in [0.29, 0.717) is 16.9 Å². The van der Waals surface area contributed by atoms with Crippen LogP contribution in [0.15, 0.2) is 59.0 Å². The molecule has 3 amide bonds. The summed E-state index contributed by atoms with van der Waals surface area (Å²) in [5, 5.41) is 0.959. The maximum absolute atomic E-state index is 12.7. The highest BCUT2D eigenvalue weighted by Crippen LogP contribution is 2.27. The molecule has 6 heteroatoms. The molecule has 1 aromatic heterocycles. The first-order valence-corrected chi connectivity index (χ1v) is 8.66. The molecule has 1 aliphatic rings. The van der Waals surface area contributed by atoms with Gasteiger partial charge in [-0.05, 0) is 31.2 Å². The highest BCUT2D eigenvalue weighted by molar-refractivity contribution is 6.22. The molecular weight excluding hydrogens is 344 g/mol. The Morgan fingerprint density at radius 2 is 1.63 bits per heavy atom. The third-order valence-electron chi connectivity index (χ3n) is 5.00. The Kier molecular flexibility index (Phi) is 4.03. The van der Waals surface area contributed by atoms with Gasteiger partial charge in [0.2, 0.25) is 5.91 Å². The van der Waals surface area contributed by atoms with Gasteiger partial charge in [-0.2, -0.15) is 0 Å². The summed E-state index contributed by atoms with van der Waals surface area (Å²) in [6.45, 7) is 1.55. The molecular formula is C21H18N2O4. The summed E-state index contributed by atoms with van der Waals surface area (Å²) in [5.41, 5.74) is 1.42. The maximum Gasteiger partial charge on any atom is 0.262 e. The van der Waals surface area contributed by atoms with Crippen molar-refractivity contribution < 1.29 is 18.8 Å². The van der Waals surface area contributed by atoms with E-state index in [4.69, 9.17) is 4.42 Å². The summed E-state index contributed by atoms with van der Waals surface area (Å²) >= 11 is 0. The van der Waals surface area contributed by atoms with E-state index in [0.717, 1.165) is 15.9 Å². The fourth-order valence-electron chi connectivity index (χ4n) is 3.24. The summed E-state index contributed by atoms with van der Waals surface area (Å²) in [7, 11) is 1.64. The average Bonchev–Trinajstić information content (AvgIpc) is 3.22. The Bertz CT molecular complexity index is 1000. The van der Waals surface area contributed by atoms with Gasteiger partial charge in [0, 0.05) is 12.4 Å². The zero-order valence-electron chi connectivity index (χ0n) is 15.0. The number of carbonyl (C=O) groups is 3. The molecule has 27 heavy (non-hydrogen) atoms. The number of imide groups is 1. The van der Waals surface area contributed by atoms with Gasteiger partial charge in [0.15, 0.2) is 0 Å². The van der Waals surface area contributed by atoms with Crippen LogP contribution in [0.4, 0.5) is 0 Å². The lowest BCUT2D eigenvalue weighted by Gasteiger charge is -2.25. The van der Waals surface area contributed by atoms with Gasteiger partial charge in [0.05, 0.1) is 17.2 Å². The highest BCUT2D eigenvalue weighted by Gasteiger charge is 2.37. The second-order valence-corrected chi connectivity index (χ2v) is 6.61. The molecule has 4 rings (SSSR count). The lowest BCUT2D eigenvalue weighted by Crippen LogP contribution is -2.41. The van der Waals surface area contributed by atoms with Gasteiger partial charge in [0.25, 0.3) is 11.8 Å². The Labute approximate surface area is 156 Å². The minimum Gasteiger partial charge on any atom is -0.459 e. The first kappa shape index (κ1) is 17.0. The molecule has 0 saturated heterocycles. The number of para-hydroxylation sites is 1. The minimum absolute atomic E-state index is 0.298. The number of benzene rings is 2. The third-order valence-corrected chi connectivity index (χ3v) is 5.00. The van der Waals surface area contributed by atoms with Crippen molar-refractivity contribution in [2.45, 2.75) is 13.0 Å². The van der Waals surface area contributed by atoms with Crippen molar-refractivity contribution in [2.75, 3.05) is 13.6 Å². The van der Waals surface area contributed by atoms with E-state index in [9.17, 15) is 14.4 Å². The monoisotopic (exact) mass is 362 g/mol. The lowest BCUT2D eigenvalue weighted by atomic mass is 10.1. The fourth-order valence-corrected chi connectivity index (χ4v) is 3.24. The van der Waals surface area contributed by atoms with E-state index in [-0.39, 0.29) is 18.5 Å². The Balaban J connectivity index is 1.51. The average molecular weight is 362 g/mol. The van der Waals surface area contributed by atoms with Gasteiger partial charge in [-0.3, -0.25) is 19.3 Å². The maximum atomic E-state index is 12.7. The van der Waals surface area contributed by atoms with Gasteiger partial charge in [-0.1, -0.05) is 30.3 Å². The molecule has 1 atom stereocenters. The third kappa shape index (κ3) is 2.79. The van der Waals surface area contributed by atoms with Crippen LogP contribution in [0.5, 0.6) is 0 Å².